The molecule has 1 aromatic rings. The molecule has 1 atom stereocenters. The number of hydrogen-bond acceptors (Lipinski definition) is 1. The van der Waals surface area contributed by atoms with Crippen LogP contribution in [0.5, 0.6) is 0 Å². The summed E-state index contributed by atoms with van der Waals surface area (Å²) in [6.07, 6.45) is 1.46. The molecule has 0 radical (unpaired) electrons. The lowest BCUT2D eigenvalue weighted by molar-refractivity contribution is 0.100. The lowest BCUT2D eigenvalue weighted by Gasteiger charge is -2.13. The Morgan fingerprint density at radius 1 is 1.46 bits per heavy atom. The molecular weight excluding hydrogens is 253 g/mol. The van der Waals surface area contributed by atoms with Crippen molar-refractivity contribution in [3.05, 3.63) is 33.8 Å². The topological polar surface area (TPSA) is 29.4 Å². The Balaban J connectivity index is 2.62. The van der Waals surface area contributed by atoms with Crippen molar-refractivity contribution in [3.63, 3.8) is 0 Å². The van der Waals surface area contributed by atoms with Crippen molar-refractivity contribution < 1.29 is 4.79 Å². The van der Waals surface area contributed by atoms with E-state index in [1.807, 2.05) is 6.07 Å². The van der Waals surface area contributed by atoms with E-state index < -0.39 is 0 Å². The first-order valence-electron chi connectivity index (χ1n) is 3.70. The van der Waals surface area contributed by atoms with Gasteiger partial charge < -0.3 is 0 Å². The molecule has 1 aliphatic rings. The second kappa shape index (κ2) is 3.24. The first-order valence-corrected chi connectivity index (χ1v) is 4.93. The number of carbonyl (C=O) groups is 1. The Bertz CT molecular complexity index is 403. The van der Waals surface area contributed by atoms with Crippen molar-refractivity contribution in [1.29, 1.82) is 0 Å². The van der Waals surface area contributed by atoms with Gasteiger partial charge in [-0.3, -0.25) is 4.79 Å². The molecule has 0 bridgehead atoms. The number of benzene rings is 1. The van der Waals surface area contributed by atoms with Gasteiger partial charge in [0.25, 0.3) is 5.91 Å². The second-order valence-corrected chi connectivity index (χ2v) is 4.10. The number of fused-ring (bicyclic) bond motifs is 1. The summed E-state index contributed by atoms with van der Waals surface area (Å²) in [4.78, 5) is 14.9. The normalized spacial score (nSPS) is 20.2. The van der Waals surface area contributed by atoms with E-state index in [2.05, 4.69) is 20.9 Å². The SMILES string of the molecule is O=C1N=CC(Cl)c2cc(Br)ccc21. The largest absolute Gasteiger partial charge is 0.277 e. The van der Waals surface area contributed by atoms with E-state index in [-0.39, 0.29) is 11.3 Å². The number of aliphatic imine (C=N–C) groups is 1. The van der Waals surface area contributed by atoms with Gasteiger partial charge in [-0.25, -0.2) is 4.99 Å². The van der Waals surface area contributed by atoms with Crippen LogP contribution in [-0.4, -0.2) is 12.1 Å². The van der Waals surface area contributed by atoms with Crippen LogP contribution in [0.1, 0.15) is 21.3 Å². The van der Waals surface area contributed by atoms with Crippen LogP contribution in [0.25, 0.3) is 0 Å². The van der Waals surface area contributed by atoms with E-state index in [4.69, 9.17) is 11.6 Å². The third-order valence-corrected chi connectivity index (χ3v) is 2.70. The summed E-state index contributed by atoms with van der Waals surface area (Å²) >= 11 is 9.29. The van der Waals surface area contributed by atoms with E-state index >= 15 is 0 Å². The summed E-state index contributed by atoms with van der Waals surface area (Å²) in [5, 5.41) is -0.301. The monoisotopic (exact) mass is 257 g/mol. The van der Waals surface area contributed by atoms with Gasteiger partial charge in [-0.05, 0) is 23.8 Å². The molecule has 0 N–H and O–H groups in total. The van der Waals surface area contributed by atoms with Crippen molar-refractivity contribution in [3.8, 4) is 0 Å². The van der Waals surface area contributed by atoms with Gasteiger partial charge in [0.2, 0.25) is 0 Å². The summed E-state index contributed by atoms with van der Waals surface area (Å²) in [5.74, 6) is -0.223. The molecule has 2 nitrogen and oxygen atoms in total. The molecule has 1 heterocycles. The van der Waals surface area contributed by atoms with Gasteiger partial charge in [0.15, 0.2) is 0 Å². The highest BCUT2D eigenvalue weighted by molar-refractivity contribution is 9.10. The Labute approximate surface area is 88.7 Å². The molecule has 1 unspecified atom stereocenters. The lowest BCUT2D eigenvalue weighted by Crippen LogP contribution is -2.10. The predicted molar refractivity (Wildman–Crippen MR) is 55.6 cm³/mol. The number of hydrogen-bond donors (Lipinski definition) is 0. The predicted octanol–water partition coefficient (Wildman–Crippen LogP) is 2.95. The van der Waals surface area contributed by atoms with Gasteiger partial charge in [-0.15, -0.1) is 11.6 Å². The van der Waals surface area contributed by atoms with Crippen molar-refractivity contribution >= 4 is 39.7 Å². The molecule has 0 saturated carbocycles. The molecule has 0 aliphatic carbocycles. The van der Waals surface area contributed by atoms with Crippen molar-refractivity contribution in [2.45, 2.75) is 5.38 Å². The number of nitrogens with zero attached hydrogens (tertiary/aromatic N) is 1. The van der Waals surface area contributed by atoms with Gasteiger partial charge >= 0.3 is 0 Å². The molecule has 0 spiro atoms. The Morgan fingerprint density at radius 3 is 3.00 bits per heavy atom. The van der Waals surface area contributed by atoms with Crippen molar-refractivity contribution in [2.75, 3.05) is 0 Å². The third-order valence-electron chi connectivity index (χ3n) is 1.86. The van der Waals surface area contributed by atoms with Gasteiger partial charge in [-0.2, -0.15) is 0 Å². The smallest absolute Gasteiger partial charge is 0.267 e. The molecular formula is C9H5BrClNO. The fourth-order valence-corrected chi connectivity index (χ4v) is 1.86. The van der Waals surface area contributed by atoms with Crippen LogP contribution in [0.4, 0.5) is 0 Å². The Kier molecular flexibility index (Phi) is 2.22. The minimum Gasteiger partial charge on any atom is -0.267 e. The molecule has 1 amide bonds. The zero-order chi connectivity index (χ0) is 9.42. The van der Waals surface area contributed by atoms with Crippen LogP contribution in [0, 0.1) is 0 Å². The zero-order valence-corrected chi connectivity index (χ0v) is 8.84. The van der Waals surface area contributed by atoms with Crippen LogP contribution in [0.15, 0.2) is 27.7 Å². The maximum Gasteiger partial charge on any atom is 0.277 e. The molecule has 4 heteroatoms. The molecule has 1 aromatic carbocycles. The first kappa shape index (κ1) is 8.91. The first-order chi connectivity index (χ1) is 6.18. The highest BCUT2D eigenvalue weighted by Gasteiger charge is 2.20. The van der Waals surface area contributed by atoms with E-state index in [9.17, 15) is 4.79 Å². The third kappa shape index (κ3) is 1.54. The average Bonchev–Trinajstić information content (AvgIpc) is 2.12. The lowest BCUT2D eigenvalue weighted by atomic mass is 10.0. The molecule has 66 valence electrons. The molecule has 13 heavy (non-hydrogen) atoms. The van der Waals surface area contributed by atoms with Crippen molar-refractivity contribution in [2.24, 2.45) is 4.99 Å². The minimum atomic E-state index is -0.301. The zero-order valence-electron chi connectivity index (χ0n) is 6.50. The summed E-state index contributed by atoms with van der Waals surface area (Å²) in [5.41, 5.74) is 1.40. The summed E-state index contributed by atoms with van der Waals surface area (Å²) in [6.45, 7) is 0. The molecule has 0 fully saturated rings. The Morgan fingerprint density at radius 2 is 2.23 bits per heavy atom. The average molecular weight is 259 g/mol. The maximum absolute atomic E-state index is 11.3. The highest BCUT2D eigenvalue weighted by atomic mass is 79.9. The summed E-state index contributed by atoms with van der Waals surface area (Å²) in [7, 11) is 0. The van der Waals surface area contributed by atoms with Gasteiger partial charge in [0, 0.05) is 16.3 Å². The van der Waals surface area contributed by atoms with Crippen molar-refractivity contribution in [1.82, 2.24) is 0 Å². The molecule has 2 rings (SSSR count). The fourth-order valence-electron chi connectivity index (χ4n) is 1.24. The summed E-state index contributed by atoms with van der Waals surface area (Å²) < 4.78 is 0.917. The molecule has 1 aliphatic heterocycles. The second-order valence-electron chi connectivity index (χ2n) is 2.72. The van der Waals surface area contributed by atoms with Gasteiger partial charge in [0.05, 0.1) is 5.38 Å². The van der Waals surface area contributed by atoms with Gasteiger partial charge in [0.1, 0.15) is 0 Å². The quantitative estimate of drug-likeness (QED) is 0.658. The van der Waals surface area contributed by atoms with E-state index in [0.29, 0.717) is 5.56 Å². The number of halogens is 2. The number of amides is 1. The number of alkyl halides is 1. The van der Waals surface area contributed by atoms with E-state index in [0.717, 1.165) is 10.0 Å². The molecule has 0 saturated heterocycles. The van der Waals surface area contributed by atoms with Crippen LogP contribution in [0.2, 0.25) is 0 Å². The van der Waals surface area contributed by atoms with Crippen LogP contribution in [0.3, 0.4) is 0 Å². The van der Waals surface area contributed by atoms with E-state index in [1.165, 1.54) is 6.21 Å². The number of carbonyl (C=O) groups excluding carboxylic acids is 1. The minimum absolute atomic E-state index is 0.223. The Hall–Kier alpha value is -0.670. The molecule has 0 aromatic heterocycles. The maximum atomic E-state index is 11.3. The standard InChI is InChI=1S/C9H5BrClNO/c10-5-1-2-6-7(3-5)8(11)4-12-9(6)13/h1-4,8H. The van der Waals surface area contributed by atoms with E-state index in [1.54, 1.807) is 12.1 Å². The fraction of sp³-hybridized carbons (Fsp3) is 0.111. The number of rotatable bonds is 0. The highest BCUT2D eigenvalue weighted by Crippen LogP contribution is 2.29. The van der Waals surface area contributed by atoms with Crippen LogP contribution in [-0.2, 0) is 0 Å². The summed E-state index contributed by atoms with van der Waals surface area (Å²) in [6, 6.07) is 5.38. The van der Waals surface area contributed by atoms with Crippen LogP contribution < -0.4 is 0 Å². The van der Waals surface area contributed by atoms with Gasteiger partial charge in [-0.1, -0.05) is 15.9 Å². The van der Waals surface area contributed by atoms with Crippen LogP contribution >= 0.6 is 27.5 Å².